The number of rotatable bonds is 9. The highest BCUT2D eigenvalue weighted by molar-refractivity contribution is 7.99. The number of thioether (sulfide) groups is 1. The highest BCUT2D eigenvalue weighted by Gasteiger charge is 2.13. The number of carbonyl (C=O) groups excluding carboxylic acids is 2. The average Bonchev–Trinajstić information content (AvgIpc) is 3.21. The largest absolute Gasteiger partial charge is 0.462 e. The van der Waals surface area contributed by atoms with E-state index in [0.717, 1.165) is 18.0 Å². The van der Waals surface area contributed by atoms with E-state index in [1.165, 1.54) is 0 Å². The van der Waals surface area contributed by atoms with Crippen LogP contribution in [0.15, 0.2) is 58.2 Å². The van der Waals surface area contributed by atoms with Crippen LogP contribution in [0.2, 0.25) is 0 Å². The highest BCUT2D eigenvalue weighted by atomic mass is 32.2. The molecule has 3 rings (SSSR count). The standard InChI is InChI=1S/C20H20N4O6S2/c1-3-29-19(26)14-6-8-15(9-7-14)21-17(25)12-31-20-23-22-18(30-20)13-4-10-16(11-5-13)24-32(2,27)28/h4-11,24H,3,12H2,1-2H3,(H,21,25). The molecule has 0 bridgehead atoms. The van der Waals surface area contributed by atoms with Crippen LogP contribution in [0.3, 0.4) is 0 Å². The molecule has 1 aromatic heterocycles. The Balaban J connectivity index is 1.52. The van der Waals surface area contributed by atoms with Gasteiger partial charge in [0.1, 0.15) is 0 Å². The van der Waals surface area contributed by atoms with Crippen molar-refractivity contribution in [3.8, 4) is 11.5 Å². The van der Waals surface area contributed by atoms with Crippen molar-refractivity contribution in [3.05, 3.63) is 54.1 Å². The highest BCUT2D eigenvalue weighted by Crippen LogP contribution is 2.24. The number of anilines is 2. The van der Waals surface area contributed by atoms with Crippen molar-refractivity contribution < 1.29 is 27.2 Å². The summed E-state index contributed by atoms with van der Waals surface area (Å²) in [6.07, 6.45) is 1.07. The third-order valence-electron chi connectivity index (χ3n) is 3.85. The number of amides is 1. The first-order valence-electron chi connectivity index (χ1n) is 9.35. The molecule has 1 amide bonds. The Morgan fingerprint density at radius 1 is 1.03 bits per heavy atom. The molecule has 0 unspecified atom stereocenters. The molecule has 0 aliphatic carbocycles. The van der Waals surface area contributed by atoms with Crippen LogP contribution in [0, 0.1) is 0 Å². The normalized spacial score (nSPS) is 11.1. The molecule has 0 aliphatic heterocycles. The first-order valence-corrected chi connectivity index (χ1v) is 12.2. The summed E-state index contributed by atoms with van der Waals surface area (Å²) < 4.78 is 35.4. The third-order valence-corrected chi connectivity index (χ3v) is 5.27. The molecule has 2 aromatic carbocycles. The third kappa shape index (κ3) is 6.82. The Labute approximate surface area is 188 Å². The lowest BCUT2D eigenvalue weighted by Crippen LogP contribution is -2.14. The van der Waals surface area contributed by atoms with Gasteiger partial charge in [-0.05, 0) is 55.5 Å². The lowest BCUT2D eigenvalue weighted by Gasteiger charge is -2.05. The van der Waals surface area contributed by atoms with Gasteiger partial charge in [0.2, 0.25) is 21.8 Å². The van der Waals surface area contributed by atoms with Crippen LogP contribution in [-0.2, 0) is 19.6 Å². The molecule has 3 aromatic rings. The van der Waals surface area contributed by atoms with Crippen molar-refractivity contribution in [2.75, 3.05) is 28.7 Å². The van der Waals surface area contributed by atoms with Crippen molar-refractivity contribution in [1.82, 2.24) is 10.2 Å². The number of carbonyl (C=O) groups is 2. The van der Waals surface area contributed by atoms with Gasteiger partial charge in [0.05, 0.1) is 24.2 Å². The van der Waals surface area contributed by atoms with E-state index in [1.54, 1.807) is 55.5 Å². The Bertz CT molecular complexity index is 1190. The van der Waals surface area contributed by atoms with Gasteiger partial charge in [-0.3, -0.25) is 9.52 Å². The molecule has 0 spiro atoms. The van der Waals surface area contributed by atoms with Crippen LogP contribution < -0.4 is 10.0 Å². The van der Waals surface area contributed by atoms with Crippen molar-refractivity contribution >= 4 is 45.0 Å². The average molecular weight is 477 g/mol. The fourth-order valence-corrected chi connectivity index (χ4v) is 3.64. The van der Waals surface area contributed by atoms with E-state index < -0.39 is 16.0 Å². The second-order valence-corrected chi connectivity index (χ2v) is 9.13. The molecule has 32 heavy (non-hydrogen) atoms. The van der Waals surface area contributed by atoms with Crippen molar-refractivity contribution in [2.45, 2.75) is 12.1 Å². The Hall–Kier alpha value is -3.38. The fourth-order valence-electron chi connectivity index (χ4n) is 2.51. The first-order chi connectivity index (χ1) is 15.2. The summed E-state index contributed by atoms with van der Waals surface area (Å²) in [6, 6.07) is 12.8. The summed E-state index contributed by atoms with van der Waals surface area (Å²) in [6.45, 7) is 2.02. The predicted molar refractivity (Wildman–Crippen MR) is 120 cm³/mol. The number of aromatic nitrogens is 2. The maximum absolute atomic E-state index is 12.2. The van der Waals surface area contributed by atoms with Gasteiger partial charge in [-0.25, -0.2) is 13.2 Å². The van der Waals surface area contributed by atoms with Crippen LogP contribution in [0.25, 0.3) is 11.5 Å². The molecule has 0 atom stereocenters. The molecule has 0 saturated heterocycles. The van der Waals surface area contributed by atoms with E-state index in [1.807, 2.05) is 0 Å². The summed E-state index contributed by atoms with van der Waals surface area (Å²) in [5.41, 5.74) is 1.96. The SMILES string of the molecule is CCOC(=O)c1ccc(NC(=O)CSc2nnc(-c3ccc(NS(C)(=O)=O)cc3)o2)cc1. The number of hydrogen-bond donors (Lipinski definition) is 2. The number of sulfonamides is 1. The zero-order valence-corrected chi connectivity index (χ0v) is 18.8. The number of nitrogens with one attached hydrogen (secondary N) is 2. The molecular formula is C20H20N4O6S2. The molecule has 2 N–H and O–H groups in total. The van der Waals surface area contributed by atoms with Crippen LogP contribution in [-0.4, -0.2) is 49.1 Å². The van der Waals surface area contributed by atoms with Gasteiger partial charge >= 0.3 is 5.97 Å². The van der Waals surface area contributed by atoms with Crippen molar-refractivity contribution in [2.24, 2.45) is 0 Å². The summed E-state index contributed by atoms with van der Waals surface area (Å²) in [4.78, 5) is 23.8. The molecular weight excluding hydrogens is 456 g/mol. The van der Waals surface area contributed by atoms with Gasteiger partial charge in [0.25, 0.3) is 5.22 Å². The lowest BCUT2D eigenvalue weighted by molar-refractivity contribution is -0.113. The predicted octanol–water partition coefficient (Wildman–Crippen LogP) is 3.02. The summed E-state index contributed by atoms with van der Waals surface area (Å²) >= 11 is 1.07. The van der Waals surface area contributed by atoms with Gasteiger partial charge in [0, 0.05) is 16.9 Å². The fraction of sp³-hybridized carbons (Fsp3) is 0.200. The molecule has 0 radical (unpaired) electrons. The minimum atomic E-state index is -3.36. The van der Waals surface area contributed by atoms with E-state index in [-0.39, 0.29) is 29.4 Å². The summed E-state index contributed by atoms with van der Waals surface area (Å²) in [5.74, 6) is -0.420. The first kappa shape index (κ1) is 23.3. The topological polar surface area (TPSA) is 140 Å². The number of nitrogens with zero attached hydrogens (tertiary/aromatic N) is 2. The lowest BCUT2D eigenvalue weighted by atomic mass is 10.2. The minimum absolute atomic E-state index is 0.0402. The van der Waals surface area contributed by atoms with E-state index in [2.05, 4.69) is 20.2 Å². The Morgan fingerprint density at radius 3 is 2.31 bits per heavy atom. The maximum atomic E-state index is 12.2. The number of benzene rings is 2. The van der Waals surface area contributed by atoms with Crippen molar-refractivity contribution in [1.29, 1.82) is 0 Å². The number of esters is 1. The second kappa shape index (κ2) is 10.3. The van der Waals surface area contributed by atoms with Gasteiger partial charge < -0.3 is 14.5 Å². The van der Waals surface area contributed by atoms with Gasteiger partial charge in [-0.15, -0.1) is 10.2 Å². The van der Waals surface area contributed by atoms with Crippen LogP contribution >= 0.6 is 11.8 Å². The Kier molecular flexibility index (Phi) is 7.49. The monoisotopic (exact) mass is 476 g/mol. The van der Waals surface area contributed by atoms with E-state index in [0.29, 0.717) is 22.5 Å². The molecule has 12 heteroatoms. The molecule has 0 fully saturated rings. The summed E-state index contributed by atoms with van der Waals surface area (Å²) in [5, 5.41) is 10.8. The Morgan fingerprint density at radius 2 is 1.69 bits per heavy atom. The minimum Gasteiger partial charge on any atom is -0.462 e. The van der Waals surface area contributed by atoms with Crippen molar-refractivity contribution in [3.63, 3.8) is 0 Å². The molecule has 1 heterocycles. The molecule has 0 aliphatic rings. The van der Waals surface area contributed by atoms with E-state index in [4.69, 9.17) is 9.15 Å². The van der Waals surface area contributed by atoms with E-state index in [9.17, 15) is 18.0 Å². The number of hydrogen-bond acceptors (Lipinski definition) is 9. The smallest absolute Gasteiger partial charge is 0.338 e. The number of ether oxygens (including phenoxy) is 1. The second-order valence-electron chi connectivity index (χ2n) is 6.46. The van der Waals surface area contributed by atoms with Crippen LogP contribution in [0.5, 0.6) is 0 Å². The summed E-state index contributed by atoms with van der Waals surface area (Å²) in [7, 11) is -3.36. The van der Waals surface area contributed by atoms with Gasteiger partial charge in [-0.1, -0.05) is 11.8 Å². The van der Waals surface area contributed by atoms with Gasteiger partial charge in [-0.2, -0.15) is 0 Å². The molecule has 0 saturated carbocycles. The van der Waals surface area contributed by atoms with Crippen LogP contribution in [0.1, 0.15) is 17.3 Å². The van der Waals surface area contributed by atoms with Gasteiger partial charge in [0.15, 0.2) is 0 Å². The molecule has 168 valence electrons. The van der Waals surface area contributed by atoms with E-state index >= 15 is 0 Å². The zero-order valence-electron chi connectivity index (χ0n) is 17.2. The maximum Gasteiger partial charge on any atom is 0.338 e. The molecule has 10 nitrogen and oxygen atoms in total. The van der Waals surface area contributed by atoms with Crippen LogP contribution in [0.4, 0.5) is 11.4 Å². The zero-order chi connectivity index (χ0) is 23.1. The quantitative estimate of drug-likeness (QED) is 0.352.